The van der Waals surface area contributed by atoms with E-state index in [1.54, 1.807) is 23.5 Å². The molecule has 0 spiro atoms. The summed E-state index contributed by atoms with van der Waals surface area (Å²) in [4.78, 5) is 16.4. The van der Waals surface area contributed by atoms with Gasteiger partial charge in [-0.15, -0.1) is 11.3 Å². The number of carbonyl (C=O) groups excluding carboxylic acids is 1. The molecular formula is C22H24N2O2S. The van der Waals surface area contributed by atoms with Gasteiger partial charge >= 0.3 is 0 Å². The summed E-state index contributed by atoms with van der Waals surface area (Å²) in [6.45, 7) is 6.45. The molecule has 4 nitrogen and oxygen atoms in total. The lowest BCUT2D eigenvalue weighted by atomic mass is 9.95. The summed E-state index contributed by atoms with van der Waals surface area (Å²) in [6.07, 6.45) is 3.97. The van der Waals surface area contributed by atoms with E-state index in [9.17, 15) is 4.79 Å². The van der Waals surface area contributed by atoms with Crippen molar-refractivity contribution in [3.05, 3.63) is 76.1 Å². The number of hydrogen-bond donors (Lipinski definition) is 1. The summed E-state index contributed by atoms with van der Waals surface area (Å²) in [7, 11) is 0. The van der Waals surface area contributed by atoms with Gasteiger partial charge in [0, 0.05) is 10.4 Å². The average molecular weight is 381 g/mol. The first-order valence-electron chi connectivity index (χ1n) is 9.39. The number of nitrogens with zero attached hydrogens (tertiary/aromatic N) is 1. The number of aryl methyl sites for hydroxylation is 1. The van der Waals surface area contributed by atoms with Gasteiger partial charge in [-0.1, -0.05) is 30.3 Å². The minimum atomic E-state index is -0.198. The van der Waals surface area contributed by atoms with Gasteiger partial charge in [0.1, 0.15) is 5.00 Å². The number of benzene rings is 1. The summed E-state index contributed by atoms with van der Waals surface area (Å²) < 4.78 is 5.27. The van der Waals surface area contributed by atoms with Crippen molar-refractivity contribution in [1.29, 1.82) is 0 Å². The van der Waals surface area contributed by atoms with Gasteiger partial charge in [0.2, 0.25) is 0 Å². The van der Waals surface area contributed by atoms with Crippen LogP contribution in [0.25, 0.3) is 0 Å². The summed E-state index contributed by atoms with van der Waals surface area (Å²) in [5, 5.41) is 4.03. The number of hydrogen-bond acceptors (Lipinski definition) is 4. The summed E-state index contributed by atoms with van der Waals surface area (Å²) in [6, 6.07) is 14.2. The molecule has 1 N–H and O–H groups in total. The molecule has 140 valence electrons. The van der Waals surface area contributed by atoms with Crippen LogP contribution in [0.5, 0.6) is 0 Å². The first-order chi connectivity index (χ1) is 13.1. The van der Waals surface area contributed by atoms with Crippen molar-refractivity contribution < 1.29 is 9.21 Å². The molecule has 1 fully saturated rings. The molecule has 0 bridgehead atoms. The highest BCUT2D eigenvalue weighted by Crippen LogP contribution is 2.43. The minimum Gasteiger partial charge on any atom is -0.459 e. The zero-order valence-electron chi connectivity index (χ0n) is 15.7. The van der Waals surface area contributed by atoms with Gasteiger partial charge in [-0.05, 0) is 63.0 Å². The lowest BCUT2D eigenvalue weighted by molar-refractivity contribution is 0.0997. The van der Waals surface area contributed by atoms with Gasteiger partial charge in [-0.3, -0.25) is 9.69 Å². The van der Waals surface area contributed by atoms with Crippen LogP contribution in [-0.2, 0) is 0 Å². The van der Waals surface area contributed by atoms with Crippen LogP contribution >= 0.6 is 11.3 Å². The highest BCUT2D eigenvalue weighted by atomic mass is 32.1. The molecule has 1 amide bonds. The summed E-state index contributed by atoms with van der Waals surface area (Å²) >= 11 is 1.65. The molecule has 0 radical (unpaired) electrons. The minimum absolute atomic E-state index is 0.158. The lowest BCUT2D eigenvalue weighted by Gasteiger charge is -2.29. The molecule has 4 rings (SSSR count). The van der Waals surface area contributed by atoms with E-state index >= 15 is 0 Å². The van der Waals surface area contributed by atoms with E-state index in [4.69, 9.17) is 4.42 Å². The molecule has 0 aliphatic carbocycles. The van der Waals surface area contributed by atoms with Crippen molar-refractivity contribution in [3.63, 3.8) is 0 Å². The van der Waals surface area contributed by atoms with Crippen LogP contribution < -0.4 is 5.32 Å². The molecule has 0 unspecified atom stereocenters. The molecule has 27 heavy (non-hydrogen) atoms. The molecule has 0 saturated carbocycles. The van der Waals surface area contributed by atoms with Gasteiger partial charge in [0.05, 0.1) is 12.3 Å². The van der Waals surface area contributed by atoms with Crippen molar-refractivity contribution in [2.24, 2.45) is 0 Å². The number of thiophene rings is 1. The number of anilines is 1. The Morgan fingerprint density at radius 1 is 1.11 bits per heavy atom. The Morgan fingerprint density at radius 3 is 2.52 bits per heavy atom. The van der Waals surface area contributed by atoms with Crippen LogP contribution in [0.15, 0.2) is 53.1 Å². The van der Waals surface area contributed by atoms with Crippen LogP contribution in [-0.4, -0.2) is 23.9 Å². The largest absolute Gasteiger partial charge is 0.459 e. The maximum absolute atomic E-state index is 12.6. The molecule has 1 aromatic carbocycles. The molecule has 5 heteroatoms. The Hall–Kier alpha value is -2.37. The van der Waals surface area contributed by atoms with Crippen LogP contribution in [0.3, 0.4) is 0 Å². The van der Waals surface area contributed by atoms with Crippen molar-refractivity contribution in [2.75, 3.05) is 18.4 Å². The first-order valence-corrected chi connectivity index (χ1v) is 10.2. The summed E-state index contributed by atoms with van der Waals surface area (Å²) in [5.74, 6) is 0.137. The fraction of sp³-hybridized carbons (Fsp3) is 0.318. The average Bonchev–Trinajstić information content (AvgIpc) is 3.42. The quantitative estimate of drug-likeness (QED) is 0.645. The van der Waals surface area contributed by atoms with E-state index in [1.165, 1.54) is 40.7 Å². The normalized spacial score (nSPS) is 15.8. The topological polar surface area (TPSA) is 45.5 Å². The van der Waals surface area contributed by atoms with Gasteiger partial charge in [-0.25, -0.2) is 0 Å². The number of likely N-dealkylation sites (tertiary alicyclic amines) is 1. The van der Waals surface area contributed by atoms with Crippen LogP contribution in [0.4, 0.5) is 5.00 Å². The van der Waals surface area contributed by atoms with E-state index in [0.29, 0.717) is 5.76 Å². The Bertz CT molecular complexity index is 909. The van der Waals surface area contributed by atoms with Crippen molar-refractivity contribution >= 4 is 22.2 Å². The van der Waals surface area contributed by atoms with E-state index in [1.807, 2.05) is 0 Å². The third-order valence-corrected chi connectivity index (χ3v) is 6.44. The van der Waals surface area contributed by atoms with Crippen LogP contribution in [0.1, 0.15) is 51.0 Å². The zero-order valence-corrected chi connectivity index (χ0v) is 16.5. The Labute approximate surface area is 163 Å². The molecule has 1 saturated heterocycles. The van der Waals surface area contributed by atoms with Gasteiger partial charge in [0.15, 0.2) is 5.76 Å². The second kappa shape index (κ2) is 7.71. The predicted molar refractivity (Wildman–Crippen MR) is 110 cm³/mol. The lowest BCUT2D eigenvalue weighted by Crippen LogP contribution is -2.27. The highest BCUT2D eigenvalue weighted by molar-refractivity contribution is 7.16. The maximum Gasteiger partial charge on any atom is 0.291 e. The standard InChI is InChI=1S/C22H24N2O2S/c1-15-16(2)27-22(23-21(25)18-11-8-14-26-18)19(15)20(24-12-6-7-13-24)17-9-4-3-5-10-17/h3-5,8-11,14,20H,6-7,12-13H2,1-2H3,(H,23,25)/t20-/m1/s1. The van der Waals surface area contributed by atoms with Crippen molar-refractivity contribution in [1.82, 2.24) is 4.90 Å². The van der Waals surface area contributed by atoms with Gasteiger partial charge < -0.3 is 9.73 Å². The number of rotatable bonds is 5. The van der Waals surface area contributed by atoms with Gasteiger partial charge in [-0.2, -0.15) is 0 Å². The number of furan rings is 1. The predicted octanol–water partition coefficient (Wildman–Crippen LogP) is 5.40. The van der Waals surface area contributed by atoms with E-state index in [-0.39, 0.29) is 11.9 Å². The van der Waals surface area contributed by atoms with Gasteiger partial charge in [0.25, 0.3) is 5.91 Å². The fourth-order valence-corrected chi connectivity index (χ4v) is 4.92. The highest BCUT2D eigenvalue weighted by Gasteiger charge is 2.31. The van der Waals surface area contributed by atoms with E-state index in [2.05, 4.69) is 54.4 Å². The number of nitrogens with one attached hydrogen (secondary N) is 1. The smallest absolute Gasteiger partial charge is 0.291 e. The SMILES string of the molecule is Cc1sc(NC(=O)c2ccco2)c([C@@H](c2ccccc2)N2CCCC2)c1C. The monoisotopic (exact) mass is 380 g/mol. The maximum atomic E-state index is 12.6. The fourth-order valence-electron chi connectivity index (χ4n) is 3.83. The van der Waals surface area contributed by atoms with E-state index in [0.717, 1.165) is 18.1 Å². The second-order valence-corrected chi connectivity index (χ2v) is 8.24. The molecule has 1 aliphatic rings. The van der Waals surface area contributed by atoms with Crippen molar-refractivity contribution in [2.45, 2.75) is 32.7 Å². The summed E-state index contributed by atoms with van der Waals surface area (Å²) in [5.41, 5.74) is 3.75. The Morgan fingerprint density at radius 2 is 1.85 bits per heavy atom. The second-order valence-electron chi connectivity index (χ2n) is 7.01. The molecule has 2 aromatic heterocycles. The molecule has 3 aromatic rings. The first kappa shape index (κ1) is 18.0. The molecular weight excluding hydrogens is 356 g/mol. The molecule has 3 heterocycles. The number of carbonyl (C=O) groups is 1. The van der Waals surface area contributed by atoms with Crippen molar-refractivity contribution in [3.8, 4) is 0 Å². The Balaban J connectivity index is 1.76. The van der Waals surface area contributed by atoms with Crippen LogP contribution in [0, 0.1) is 13.8 Å². The Kier molecular flexibility index (Phi) is 5.14. The third-order valence-electron chi connectivity index (χ3n) is 5.30. The molecule has 1 atom stereocenters. The third kappa shape index (κ3) is 3.57. The van der Waals surface area contributed by atoms with Crippen LogP contribution in [0.2, 0.25) is 0 Å². The van der Waals surface area contributed by atoms with E-state index < -0.39 is 0 Å². The molecule has 1 aliphatic heterocycles. The zero-order chi connectivity index (χ0) is 18.8. The number of amides is 1.